The first kappa shape index (κ1) is 23.8. The van der Waals surface area contributed by atoms with Crippen LogP contribution in [0.2, 0.25) is 5.28 Å². The SMILES string of the molecule is CN(c1nc(Cl)nc2sc(CC(F)(F)F)cc12)C1CC(NC(=O)OC(C)(C)C)CC1O. The van der Waals surface area contributed by atoms with Crippen molar-refractivity contribution in [1.82, 2.24) is 15.3 Å². The predicted molar refractivity (Wildman–Crippen MR) is 113 cm³/mol. The number of anilines is 1. The van der Waals surface area contributed by atoms with E-state index in [2.05, 4.69) is 15.3 Å². The number of amides is 1. The summed E-state index contributed by atoms with van der Waals surface area (Å²) in [6.45, 7) is 5.26. The molecule has 1 saturated carbocycles. The number of thiophene rings is 1. The Labute approximate surface area is 186 Å². The van der Waals surface area contributed by atoms with Crippen LogP contribution < -0.4 is 10.2 Å². The first-order valence-electron chi connectivity index (χ1n) is 9.65. The maximum absolute atomic E-state index is 12.8. The second-order valence-electron chi connectivity index (χ2n) is 8.60. The number of nitrogens with one attached hydrogen (secondary N) is 1. The van der Waals surface area contributed by atoms with E-state index in [0.29, 0.717) is 28.9 Å². The summed E-state index contributed by atoms with van der Waals surface area (Å²) in [5.41, 5.74) is -0.645. The lowest BCUT2D eigenvalue weighted by atomic mass is 10.1. The highest BCUT2D eigenvalue weighted by molar-refractivity contribution is 7.18. The molecule has 3 atom stereocenters. The minimum atomic E-state index is -4.34. The number of fused-ring (bicyclic) bond motifs is 1. The number of carbonyl (C=O) groups is 1. The van der Waals surface area contributed by atoms with Gasteiger partial charge in [0, 0.05) is 18.0 Å². The van der Waals surface area contributed by atoms with E-state index in [1.165, 1.54) is 6.07 Å². The summed E-state index contributed by atoms with van der Waals surface area (Å²) in [7, 11) is 1.68. The number of rotatable bonds is 4. The number of hydrogen-bond donors (Lipinski definition) is 2. The van der Waals surface area contributed by atoms with Gasteiger partial charge in [0.05, 0.1) is 24.0 Å². The fraction of sp³-hybridized carbons (Fsp3) is 0.632. The number of alkyl carbamates (subject to hydrolysis) is 1. The van der Waals surface area contributed by atoms with E-state index in [9.17, 15) is 23.1 Å². The highest BCUT2D eigenvalue weighted by Gasteiger charge is 2.38. The minimum absolute atomic E-state index is 0.0920. The Bertz CT molecular complexity index is 963. The molecule has 0 saturated heterocycles. The van der Waals surface area contributed by atoms with E-state index in [4.69, 9.17) is 16.3 Å². The number of likely N-dealkylation sites (N-methyl/N-ethyl adjacent to an activating group) is 1. The van der Waals surface area contributed by atoms with Crippen LogP contribution in [0.25, 0.3) is 10.2 Å². The smallest absolute Gasteiger partial charge is 0.407 e. The van der Waals surface area contributed by atoms with Gasteiger partial charge in [-0.15, -0.1) is 11.3 Å². The number of aliphatic hydroxyl groups excluding tert-OH is 1. The molecule has 0 spiro atoms. The van der Waals surface area contributed by atoms with Crippen molar-refractivity contribution in [1.29, 1.82) is 0 Å². The number of aromatic nitrogens is 2. The van der Waals surface area contributed by atoms with E-state index < -0.39 is 36.4 Å². The molecule has 172 valence electrons. The number of aliphatic hydroxyl groups is 1. The fourth-order valence-electron chi connectivity index (χ4n) is 3.64. The molecule has 7 nitrogen and oxygen atoms in total. The zero-order valence-electron chi connectivity index (χ0n) is 17.5. The second kappa shape index (κ2) is 8.59. The van der Waals surface area contributed by atoms with Gasteiger partial charge in [-0.3, -0.25) is 0 Å². The van der Waals surface area contributed by atoms with Crippen molar-refractivity contribution in [2.45, 2.75) is 70.0 Å². The van der Waals surface area contributed by atoms with Crippen LogP contribution in [0.15, 0.2) is 6.07 Å². The standard InChI is InChI=1S/C19H24ClF3N4O3S/c1-18(2,3)30-17(29)24-9-5-12(13(28)6-9)27(4)14-11-7-10(8-19(21,22)23)31-15(11)26-16(20)25-14/h7,9,12-13,28H,5-6,8H2,1-4H3,(H,24,29). The van der Waals surface area contributed by atoms with Crippen LogP contribution >= 0.6 is 22.9 Å². The number of halogens is 4. The molecule has 2 heterocycles. The van der Waals surface area contributed by atoms with Crippen LogP contribution in [0.4, 0.5) is 23.8 Å². The van der Waals surface area contributed by atoms with Crippen LogP contribution in [0.3, 0.4) is 0 Å². The molecule has 1 aliphatic carbocycles. The third-order valence-electron chi connectivity index (χ3n) is 4.82. The zero-order valence-corrected chi connectivity index (χ0v) is 19.0. The summed E-state index contributed by atoms with van der Waals surface area (Å²) in [5.74, 6) is 0.335. The van der Waals surface area contributed by atoms with Crippen molar-refractivity contribution >= 4 is 45.1 Å². The Kier molecular flexibility index (Phi) is 6.60. The predicted octanol–water partition coefficient (Wildman–Crippen LogP) is 4.30. The number of alkyl halides is 3. The topological polar surface area (TPSA) is 87.6 Å². The highest BCUT2D eigenvalue weighted by Crippen LogP contribution is 2.37. The summed E-state index contributed by atoms with van der Waals surface area (Å²) in [6.07, 6.45) is -6.06. The van der Waals surface area contributed by atoms with Gasteiger partial charge in [-0.2, -0.15) is 18.2 Å². The van der Waals surface area contributed by atoms with Crippen LogP contribution in [-0.4, -0.2) is 58.2 Å². The maximum Gasteiger partial charge on any atom is 0.407 e. The first-order chi connectivity index (χ1) is 14.2. The van der Waals surface area contributed by atoms with E-state index in [1.807, 2.05) is 0 Å². The van der Waals surface area contributed by atoms with E-state index in [1.54, 1.807) is 32.7 Å². The molecule has 0 radical (unpaired) electrons. The Morgan fingerprint density at radius 2 is 2.03 bits per heavy atom. The molecule has 2 aromatic rings. The number of nitrogens with zero attached hydrogens (tertiary/aromatic N) is 3. The van der Waals surface area contributed by atoms with Crippen molar-refractivity contribution in [2.24, 2.45) is 0 Å². The normalized spacial score (nSPS) is 22.0. The van der Waals surface area contributed by atoms with Gasteiger partial charge in [-0.25, -0.2) is 9.78 Å². The molecule has 12 heteroatoms. The van der Waals surface area contributed by atoms with Crippen molar-refractivity contribution in [3.8, 4) is 0 Å². The molecule has 0 aliphatic heterocycles. The Morgan fingerprint density at radius 1 is 1.35 bits per heavy atom. The Hall–Kier alpha value is -1.85. The minimum Gasteiger partial charge on any atom is -0.444 e. The lowest BCUT2D eigenvalue weighted by Crippen LogP contribution is -2.40. The van der Waals surface area contributed by atoms with Gasteiger partial charge < -0.3 is 20.1 Å². The average Bonchev–Trinajstić information content (AvgIpc) is 3.12. The van der Waals surface area contributed by atoms with Gasteiger partial charge in [-0.05, 0) is 51.3 Å². The van der Waals surface area contributed by atoms with Gasteiger partial charge in [0.25, 0.3) is 0 Å². The highest BCUT2D eigenvalue weighted by atomic mass is 35.5. The molecule has 1 fully saturated rings. The molecular weight excluding hydrogens is 457 g/mol. The summed E-state index contributed by atoms with van der Waals surface area (Å²) >= 11 is 6.92. The lowest BCUT2D eigenvalue weighted by molar-refractivity contribution is -0.126. The molecule has 3 rings (SSSR count). The van der Waals surface area contributed by atoms with Gasteiger partial charge in [0.15, 0.2) is 0 Å². The number of hydrogen-bond acceptors (Lipinski definition) is 7. The van der Waals surface area contributed by atoms with E-state index in [0.717, 1.165) is 11.3 Å². The van der Waals surface area contributed by atoms with Crippen molar-refractivity contribution < 1.29 is 27.8 Å². The number of ether oxygens (including phenoxy) is 1. The van der Waals surface area contributed by atoms with Crippen LogP contribution in [0.5, 0.6) is 0 Å². The quantitative estimate of drug-likeness (QED) is 0.634. The molecular formula is C19H24ClF3N4O3S. The van der Waals surface area contributed by atoms with Crippen LogP contribution in [0.1, 0.15) is 38.5 Å². The van der Waals surface area contributed by atoms with Crippen molar-refractivity contribution in [2.75, 3.05) is 11.9 Å². The third kappa shape index (κ3) is 6.11. The van der Waals surface area contributed by atoms with Crippen LogP contribution in [-0.2, 0) is 11.2 Å². The molecule has 1 aliphatic rings. The van der Waals surface area contributed by atoms with Gasteiger partial charge in [0.2, 0.25) is 5.28 Å². The molecule has 2 N–H and O–H groups in total. The van der Waals surface area contributed by atoms with E-state index in [-0.39, 0.29) is 16.2 Å². The van der Waals surface area contributed by atoms with Crippen molar-refractivity contribution in [3.05, 3.63) is 16.2 Å². The summed E-state index contributed by atoms with van der Waals surface area (Å²) in [5, 5.41) is 13.7. The number of carbonyl (C=O) groups excluding carboxylic acids is 1. The molecule has 3 unspecified atom stereocenters. The lowest BCUT2D eigenvalue weighted by Gasteiger charge is -2.28. The summed E-state index contributed by atoms with van der Waals surface area (Å²) < 4.78 is 43.7. The largest absolute Gasteiger partial charge is 0.444 e. The van der Waals surface area contributed by atoms with Crippen LogP contribution in [0, 0.1) is 0 Å². The summed E-state index contributed by atoms with van der Waals surface area (Å²) in [4.78, 5) is 22.4. The van der Waals surface area contributed by atoms with Gasteiger partial charge in [0.1, 0.15) is 16.2 Å². The van der Waals surface area contributed by atoms with Crippen molar-refractivity contribution in [3.63, 3.8) is 0 Å². The molecule has 0 bridgehead atoms. The zero-order chi connectivity index (χ0) is 23.1. The Morgan fingerprint density at radius 3 is 2.65 bits per heavy atom. The molecule has 31 heavy (non-hydrogen) atoms. The molecule has 2 aromatic heterocycles. The average molecular weight is 481 g/mol. The molecule has 1 amide bonds. The van der Waals surface area contributed by atoms with Gasteiger partial charge >= 0.3 is 12.3 Å². The second-order valence-corrected chi connectivity index (χ2v) is 10.1. The first-order valence-corrected chi connectivity index (χ1v) is 10.8. The van der Waals surface area contributed by atoms with E-state index >= 15 is 0 Å². The van der Waals surface area contributed by atoms with Gasteiger partial charge in [-0.1, -0.05) is 0 Å². The third-order valence-corrected chi connectivity index (χ3v) is 6.02. The summed E-state index contributed by atoms with van der Waals surface area (Å²) in [6, 6.07) is 0.654. The fourth-order valence-corrected chi connectivity index (χ4v) is 4.91. The monoisotopic (exact) mass is 480 g/mol. The molecule has 0 aromatic carbocycles. The maximum atomic E-state index is 12.8. The Balaban J connectivity index is 1.80.